The van der Waals surface area contributed by atoms with Crippen LogP contribution in [0.2, 0.25) is 0 Å². The summed E-state index contributed by atoms with van der Waals surface area (Å²) in [4.78, 5) is 37.2. The molecule has 0 aromatic rings. The molecule has 0 heterocycles. The minimum atomic E-state index is -0.754. The number of esters is 3. The van der Waals surface area contributed by atoms with E-state index in [2.05, 4.69) is 20.8 Å². The maximum Gasteiger partial charge on any atom is 0.306 e. The zero-order valence-electron chi connectivity index (χ0n) is 30.2. The van der Waals surface area contributed by atoms with Crippen LogP contribution in [0, 0.1) is 0 Å². The van der Waals surface area contributed by atoms with Gasteiger partial charge in [0.1, 0.15) is 13.2 Å². The molecule has 0 spiro atoms. The lowest BCUT2D eigenvalue weighted by Crippen LogP contribution is -2.30. The SMILES string of the molecule is CCCCCCCCCCCCCCCC(=O)OCC(COC(=O)CCCCCCCC)OC(=O)CCCCCCCCCC. The zero-order valence-corrected chi connectivity index (χ0v) is 30.2. The maximum atomic E-state index is 12.5. The van der Waals surface area contributed by atoms with Crippen LogP contribution in [0.3, 0.4) is 0 Å². The molecule has 1 atom stereocenters. The summed E-state index contributed by atoms with van der Waals surface area (Å²) in [5.74, 6) is -0.876. The third-order valence-electron chi connectivity index (χ3n) is 8.61. The van der Waals surface area contributed by atoms with Gasteiger partial charge in [0.2, 0.25) is 0 Å². The summed E-state index contributed by atoms with van der Waals surface area (Å²) in [6, 6.07) is 0. The van der Waals surface area contributed by atoms with Crippen LogP contribution >= 0.6 is 0 Å². The number of rotatable bonds is 35. The molecule has 0 N–H and O–H groups in total. The highest BCUT2D eigenvalue weighted by atomic mass is 16.6. The fraction of sp³-hybridized carbons (Fsp3) is 0.923. The summed E-state index contributed by atoms with van der Waals surface area (Å²) in [6.45, 7) is 6.54. The highest BCUT2D eigenvalue weighted by Gasteiger charge is 2.19. The van der Waals surface area contributed by atoms with Gasteiger partial charge >= 0.3 is 17.9 Å². The smallest absolute Gasteiger partial charge is 0.306 e. The van der Waals surface area contributed by atoms with Crippen molar-refractivity contribution in [2.45, 2.75) is 219 Å². The van der Waals surface area contributed by atoms with Crippen molar-refractivity contribution in [3.63, 3.8) is 0 Å². The first-order chi connectivity index (χ1) is 22.0. The van der Waals surface area contributed by atoms with Gasteiger partial charge in [-0.15, -0.1) is 0 Å². The fourth-order valence-electron chi connectivity index (χ4n) is 5.62. The van der Waals surface area contributed by atoms with E-state index in [1.165, 1.54) is 116 Å². The number of hydrogen-bond donors (Lipinski definition) is 0. The molecule has 0 aromatic carbocycles. The van der Waals surface area contributed by atoms with E-state index in [0.717, 1.165) is 57.8 Å². The van der Waals surface area contributed by atoms with Gasteiger partial charge in [0.05, 0.1) is 0 Å². The lowest BCUT2D eigenvalue weighted by molar-refractivity contribution is -0.167. The molecule has 1 unspecified atom stereocenters. The third-order valence-corrected chi connectivity index (χ3v) is 8.61. The first-order valence-corrected chi connectivity index (χ1v) is 19.5. The first kappa shape index (κ1) is 43.4. The van der Waals surface area contributed by atoms with Gasteiger partial charge in [0.25, 0.3) is 0 Å². The molecule has 0 aromatic heterocycles. The van der Waals surface area contributed by atoms with E-state index in [-0.39, 0.29) is 31.1 Å². The zero-order chi connectivity index (χ0) is 33.1. The molecule has 6 nitrogen and oxygen atoms in total. The van der Waals surface area contributed by atoms with Gasteiger partial charge in [-0.05, 0) is 19.3 Å². The van der Waals surface area contributed by atoms with Crippen LogP contribution in [0.25, 0.3) is 0 Å². The van der Waals surface area contributed by atoms with Gasteiger partial charge in [-0.2, -0.15) is 0 Å². The van der Waals surface area contributed by atoms with E-state index in [9.17, 15) is 14.4 Å². The van der Waals surface area contributed by atoms with Crippen LogP contribution in [0.1, 0.15) is 213 Å². The van der Waals surface area contributed by atoms with Gasteiger partial charge in [-0.3, -0.25) is 14.4 Å². The summed E-state index contributed by atoms with van der Waals surface area (Å²) < 4.78 is 16.5. The molecular formula is C39H74O6. The molecular weight excluding hydrogens is 564 g/mol. The lowest BCUT2D eigenvalue weighted by atomic mass is 10.0. The number of unbranched alkanes of at least 4 members (excludes halogenated alkanes) is 24. The Balaban J connectivity index is 4.25. The molecule has 0 saturated carbocycles. The van der Waals surface area contributed by atoms with Crippen LogP contribution in [-0.4, -0.2) is 37.2 Å². The van der Waals surface area contributed by atoms with E-state index in [0.29, 0.717) is 19.3 Å². The lowest BCUT2D eigenvalue weighted by Gasteiger charge is -2.18. The molecule has 0 saturated heterocycles. The van der Waals surface area contributed by atoms with E-state index in [1.807, 2.05) is 0 Å². The average molecular weight is 639 g/mol. The normalized spacial score (nSPS) is 11.8. The van der Waals surface area contributed by atoms with Crippen molar-refractivity contribution in [1.29, 1.82) is 0 Å². The predicted molar refractivity (Wildman–Crippen MR) is 187 cm³/mol. The Kier molecular flexibility index (Phi) is 34.0. The first-order valence-electron chi connectivity index (χ1n) is 19.5. The Hall–Kier alpha value is -1.59. The van der Waals surface area contributed by atoms with E-state index in [1.54, 1.807) is 0 Å². The van der Waals surface area contributed by atoms with Crippen molar-refractivity contribution in [3.8, 4) is 0 Å². The summed E-state index contributed by atoms with van der Waals surface area (Å²) >= 11 is 0. The van der Waals surface area contributed by atoms with Crippen molar-refractivity contribution in [2.75, 3.05) is 13.2 Å². The molecule has 0 fully saturated rings. The number of carbonyl (C=O) groups excluding carboxylic acids is 3. The highest BCUT2D eigenvalue weighted by Crippen LogP contribution is 2.14. The number of ether oxygens (including phenoxy) is 3. The Bertz CT molecular complexity index is 664. The molecule has 0 aliphatic heterocycles. The van der Waals surface area contributed by atoms with Crippen molar-refractivity contribution < 1.29 is 28.6 Å². The Morgan fingerprint density at radius 1 is 0.356 bits per heavy atom. The average Bonchev–Trinajstić information content (AvgIpc) is 3.03. The van der Waals surface area contributed by atoms with Crippen LogP contribution in [-0.2, 0) is 28.6 Å². The molecule has 0 aliphatic carbocycles. The van der Waals surface area contributed by atoms with Crippen molar-refractivity contribution in [3.05, 3.63) is 0 Å². The van der Waals surface area contributed by atoms with Crippen molar-refractivity contribution in [1.82, 2.24) is 0 Å². The van der Waals surface area contributed by atoms with Crippen LogP contribution in [0.4, 0.5) is 0 Å². The molecule has 6 heteroatoms. The molecule has 0 rings (SSSR count). The van der Waals surface area contributed by atoms with Gasteiger partial charge in [0.15, 0.2) is 6.10 Å². The Morgan fingerprint density at radius 3 is 0.889 bits per heavy atom. The van der Waals surface area contributed by atoms with Crippen LogP contribution in [0.15, 0.2) is 0 Å². The monoisotopic (exact) mass is 639 g/mol. The highest BCUT2D eigenvalue weighted by molar-refractivity contribution is 5.71. The van der Waals surface area contributed by atoms with Gasteiger partial charge in [0, 0.05) is 19.3 Å². The van der Waals surface area contributed by atoms with Crippen LogP contribution in [0.5, 0.6) is 0 Å². The molecule has 0 aliphatic rings. The molecule has 0 amide bonds. The fourth-order valence-corrected chi connectivity index (χ4v) is 5.62. The van der Waals surface area contributed by atoms with E-state index in [4.69, 9.17) is 14.2 Å². The Morgan fingerprint density at radius 2 is 0.600 bits per heavy atom. The molecule has 0 radical (unpaired) electrons. The molecule has 266 valence electrons. The summed E-state index contributed by atoms with van der Waals surface area (Å²) in [5, 5.41) is 0. The molecule has 45 heavy (non-hydrogen) atoms. The predicted octanol–water partition coefficient (Wildman–Crippen LogP) is 11.7. The maximum absolute atomic E-state index is 12.5. The number of carbonyl (C=O) groups is 3. The summed E-state index contributed by atoms with van der Waals surface area (Å²) in [7, 11) is 0. The summed E-state index contributed by atoms with van der Waals surface area (Å²) in [5.41, 5.74) is 0. The largest absolute Gasteiger partial charge is 0.462 e. The van der Waals surface area contributed by atoms with Gasteiger partial charge in [-0.25, -0.2) is 0 Å². The van der Waals surface area contributed by atoms with Crippen LogP contribution < -0.4 is 0 Å². The standard InChI is InChI=1S/C39H74O6/c1-4-7-10-13-16-18-19-20-21-22-24-26-29-32-38(41)44-35-36(34-43-37(40)31-28-25-15-12-9-6-3)45-39(42)33-30-27-23-17-14-11-8-5-2/h36H,4-35H2,1-3H3. The minimum Gasteiger partial charge on any atom is -0.462 e. The number of hydrogen-bond acceptors (Lipinski definition) is 6. The third kappa shape index (κ3) is 33.6. The van der Waals surface area contributed by atoms with E-state index >= 15 is 0 Å². The molecule has 0 bridgehead atoms. The van der Waals surface area contributed by atoms with Crippen molar-refractivity contribution in [2.24, 2.45) is 0 Å². The summed E-state index contributed by atoms with van der Waals surface area (Å²) in [6.07, 6.45) is 32.5. The van der Waals surface area contributed by atoms with Gasteiger partial charge < -0.3 is 14.2 Å². The van der Waals surface area contributed by atoms with Gasteiger partial charge in [-0.1, -0.05) is 175 Å². The quantitative estimate of drug-likeness (QED) is 0.0390. The minimum absolute atomic E-state index is 0.0647. The second-order valence-corrected chi connectivity index (χ2v) is 13.2. The van der Waals surface area contributed by atoms with Crippen molar-refractivity contribution >= 4 is 17.9 Å². The Labute approximate surface area is 278 Å². The van der Waals surface area contributed by atoms with E-state index < -0.39 is 6.10 Å². The second-order valence-electron chi connectivity index (χ2n) is 13.2. The second kappa shape index (κ2) is 35.3. The topological polar surface area (TPSA) is 78.9 Å².